The topological polar surface area (TPSA) is 46.3 Å². The third-order valence-electron chi connectivity index (χ3n) is 3.26. The number of carbonyl (C=O) groups is 1. The lowest BCUT2D eigenvalue weighted by molar-refractivity contribution is -0.137. The molecule has 3 nitrogen and oxygen atoms in total. The SMILES string of the molecule is NC1CCN(C(=O)c2cccc(C(F)(F)F)c2)CC1. The van der Waals surface area contributed by atoms with Crippen molar-refractivity contribution >= 4 is 5.91 Å². The van der Waals surface area contributed by atoms with E-state index in [0.29, 0.717) is 25.9 Å². The van der Waals surface area contributed by atoms with Crippen LogP contribution in [0.1, 0.15) is 28.8 Å². The highest BCUT2D eigenvalue weighted by Crippen LogP contribution is 2.29. The molecule has 0 bridgehead atoms. The molecule has 0 radical (unpaired) electrons. The number of rotatable bonds is 1. The second-order valence-electron chi connectivity index (χ2n) is 4.71. The number of piperidine rings is 1. The Balaban J connectivity index is 2.15. The van der Waals surface area contributed by atoms with Crippen molar-refractivity contribution in [1.82, 2.24) is 4.90 Å². The lowest BCUT2D eigenvalue weighted by atomic mass is 10.0. The van der Waals surface area contributed by atoms with Gasteiger partial charge in [0.05, 0.1) is 5.56 Å². The number of likely N-dealkylation sites (tertiary alicyclic amines) is 1. The fourth-order valence-electron chi connectivity index (χ4n) is 2.11. The normalized spacial score (nSPS) is 17.6. The number of nitrogens with zero attached hydrogens (tertiary/aromatic N) is 1. The van der Waals surface area contributed by atoms with Gasteiger partial charge >= 0.3 is 6.18 Å². The summed E-state index contributed by atoms with van der Waals surface area (Å²) in [6.45, 7) is 0.993. The molecule has 1 aliphatic rings. The Hall–Kier alpha value is -1.56. The van der Waals surface area contributed by atoms with Gasteiger partial charge in [-0.25, -0.2) is 0 Å². The molecule has 0 spiro atoms. The Morgan fingerprint density at radius 1 is 1.26 bits per heavy atom. The minimum absolute atomic E-state index is 0.0743. The van der Waals surface area contributed by atoms with Gasteiger partial charge in [0.1, 0.15) is 0 Å². The highest BCUT2D eigenvalue weighted by Gasteiger charge is 2.31. The van der Waals surface area contributed by atoms with E-state index in [1.165, 1.54) is 12.1 Å². The van der Waals surface area contributed by atoms with Crippen LogP contribution < -0.4 is 5.73 Å². The maximum absolute atomic E-state index is 12.6. The highest BCUT2D eigenvalue weighted by molar-refractivity contribution is 5.94. The van der Waals surface area contributed by atoms with Crippen LogP contribution in [0.3, 0.4) is 0 Å². The van der Waals surface area contributed by atoms with Crippen LogP contribution in [0, 0.1) is 0 Å². The molecule has 1 aromatic carbocycles. The molecule has 1 amide bonds. The van der Waals surface area contributed by atoms with Gasteiger partial charge in [-0.05, 0) is 31.0 Å². The van der Waals surface area contributed by atoms with E-state index in [4.69, 9.17) is 5.73 Å². The standard InChI is InChI=1S/C13H15F3N2O/c14-13(15,16)10-3-1-2-9(8-10)12(19)18-6-4-11(17)5-7-18/h1-3,8,11H,4-7,17H2. The van der Waals surface area contributed by atoms with Crippen LogP contribution in [0.4, 0.5) is 13.2 Å². The van der Waals surface area contributed by atoms with E-state index in [0.717, 1.165) is 12.1 Å². The van der Waals surface area contributed by atoms with Crippen molar-refractivity contribution in [3.05, 3.63) is 35.4 Å². The molecule has 0 atom stereocenters. The molecule has 1 aromatic rings. The van der Waals surface area contributed by atoms with Crippen LogP contribution in [-0.2, 0) is 6.18 Å². The fourth-order valence-corrected chi connectivity index (χ4v) is 2.11. The van der Waals surface area contributed by atoms with Crippen LogP contribution in [-0.4, -0.2) is 29.9 Å². The van der Waals surface area contributed by atoms with Gasteiger partial charge in [-0.1, -0.05) is 6.07 Å². The van der Waals surface area contributed by atoms with E-state index in [-0.39, 0.29) is 17.5 Å². The fraction of sp³-hybridized carbons (Fsp3) is 0.462. The van der Waals surface area contributed by atoms with Crippen LogP contribution >= 0.6 is 0 Å². The number of amides is 1. The Bertz CT molecular complexity index is 465. The average Bonchev–Trinajstić information content (AvgIpc) is 2.38. The summed E-state index contributed by atoms with van der Waals surface area (Å²) in [5.41, 5.74) is 5.01. The maximum Gasteiger partial charge on any atom is 0.416 e. The van der Waals surface area contributed by atoms with Crippen molar-refractivity contribution in [3.8, 4) is 0 Å². The molecule has 1 heterocycles. The second kappa shape index (κ2) is 5.21. The van der Waals surface area contributed by atoms with E-state index in [9.17, 15) is 18.0 Å². The van der Waals surface area contributed by atoms with Crippen molar-refractivity contribution in [3.63, 3.8) is 0 Å². The first-order chi connectivity index (χ1) is 8.88. The lowest BCUT2D eigenvalue weighted by Crippen LogP contribution is -2.42. The van der Waals surface area contributed by atoms with E-state index in [1.54, 1.807) is 4.90 Å². The van der Waals surface area contributed by atoms with E-state index in [1.807, 2.05) is 0 Å². The maximum atomic E-state index is 12.6. The summed E-state index contributed by atoms with van der Waals surface area (Å²) in [5, 5.41) is 0. The number of hydrogen-bond donors (Lipinski definition) is 1. The first-order valence-electron chi connectivity index (χ1n) is 6.10. The predicted molar refractivity (Wildman–Crippen MR) is 64.6 cm³/mol. The van der Waals surface area contributed by atoms with E-state index >= 15 is 0 Å². The third-order valence-corrected chi connectivity index (χ3v) is 3.26. The monoisotopic (exact) mass is 272 g/mol. The summed E-state index contributed by atoms with van der Waals surface area (Å²) in [7, 11) is 0. The number of halogens is 3. The number of alkyl halides is 3. The summed E-state index contributed by atoms with van der Waals surface area (Å²) < 4.78 is 37.7. The van der Waals surface area contributed by atoms with Gasteiger partial charge in [0.25, 0.3) is 5.91 Å². The minimum atomic E-state index is -4.43. The van der Waals surface area contributed by atoms with Gasteiger partial charge in [0.15, 0.2) is 0 Å². The summed E-state index contributed by atoms with van der Waals surface area (Å²) >= 11 is 0. The van der Waals surface area contributed by atoms with Crippen LogP contribution in [0.15, 0.2) is 24.3 Å². The molecular weight excluding hydrogens is 257 g/mol. The second-order valence-corrected chi connectivity index (χ2v) is 4.71. The first kappa shape index (κ1) is 13.9. The number of carbonyl (C=O) groups excluding carboxylic acids is 1. The Labute approximate surface area is 109 Å². The number of hydrogen-bond acceptors (Lipinski definition) is 2. The van der Waals surface area contributed by atoms with E-state index < -0.39 is 11.7 Å². The summed E-state index contributed by atoms with van der Waals surface area (Å²) in [4.78, 5) is 13.7. The smallest absolute Gasteiger partial charge is 0.339 e. The third kappa shape index (κ3) is 3.26. The predicted octanol–water partition coefficient (Wildman–Crippen LogP) is 2.27. The summed E-state index contributed by atoms with van der Waals surface area (Å²) in [6, 6.07) is 4.60. The molecule has 1 aliphatic heterocycles. The molecule has 0 aliphatic carbocycles. The summed E-state index contributed by atoms with van der Waals surface area (Å²) in [5.74, 6) is -0.363. The number of benzene rings is 1. The Morgan fingerprint density at radius 3 is 2.47 bits per heavy atom. The molecule has 104 valence electrons. The van der Waals surface area contributed by atoms with Crippen molar-refractivity contribution in [1.29, 1.82) is 0 Å². The molecule has 0 saturated carbocycles. The van der Waals surface area contributed by atoms with Crippen molar-refractivity contribution < 1.29 is 18.0 Å². The molecule has 19 heavy (non-hydrogen) atoms. The van der Waals surface area contributed by atoms with Crippen LogP contribution in [0.25, 0.3) is 0 Å². The molecule has 2 rings (SSSR count). The zero-order valence-electron chi connectivity index (χ0n) is 10.3. The van der Waals surface area contributed by atoms with Crippen molar-refractivity contribution in [2.75, 3.05) is 13.1 Å². The largest absolute Gasteiger partial charge is 0.416 e. The zero-order valence-corrected chi connectivity index (χ0v) is 10.3. The summed E-state index contributed by atoms with van der Waals surface area (Å²) in [6.07, 6.45) is -3.06. The average molecular weight is 272 g/mol. The quantitative estimate of drug-likeness (QED) is 0.852. The van der Waals surface area contributed by atoms with Gasteiger partial charge < -0.3 is 10.6 Å². The molecule has 1 fully saturated rings. The van der Waals surface area contributed by atoms with Gasteiger partial charge in [0.2, 0.25) is 0 Å². The molecule has 0 aromatic heterocycles. The van der Waals surface area contributed by atoms with Crippen molar-refractivity contribution in [2.45, 2.75) is 25.1 Å². The molecule has 1 saturated heterocycles. The van der Waals surface area contributed by atoms with Crippen LogP contribution in [0.2, 0.25) is 0 Å². The van der Waals surface area contributed by atoms with Crippen molar-refractivity contribution in [2.24, 2.45) is 5.73 Å². The van der Waals surface area contributed by atoms with Gasteiger partial charge in [-0.2, -0.15) is 13.2 Å². The molecule has 6 heteroatoms. The lowest BCUT2D eigenvalue weighted by Gasteiger charge is -2.30. The first-order valence-corrected chi connectivity index (χ1v) is 6.10. The Kier molecular flexibility index (Phi) is 3.80. The minimum Gasteiger partial charge on any atom is -0.339 e. The molecule has 2 N–H and O–H groups in total. The Morgan fingerprint density at radius 2 is 1.89 bits per heavy atom. The number of nitrogens with two attached hydrogens (primary N) is 1. The molecular formula is C13H15F3N2O. The van der Waals surface area contributed by atoms with Crippen LogP contribution in [0.5, 0.6) is 0 Å². The van der Waals surface area contributed by atoms with Gasteiger partial charge in [-0.3, -0.25) is 4.79 Å². The van der Waals surface area contributed by atoms with Gasteiger partial charge in [0, 0.05) is 24.7 Å². The zero-order chi connectivity index (χ0) is 14.0. The molecule has 0 unspecified atom stereocenters. The van der Waals surface area contributed by atoms with E-state index in [2.05, 4.69) is 0 Å². The van der Waals surface area contributed by atoms with Gasteiger partial charge in [-0.15, -0.1) is 0 Å². The highest BCUT2D eigenvalue weighted by atomic mass is 19.4.